The quantitative estimate of drug-likeness (QED) is 0.821. The summed E-state index contributed by atoms with van der Waals surface area (Å²) in [5, 5.41) is 3.30. The van der Waals surface area contributed by atoms with E-state index in [4.69, 9.17) is 0 Å². The van der Waals surface area contributed by atoms with Crippen LogP contribution >= 0.6 is 11.3 Å². The van der Waals surface area contributed by atoms with Gasteiger partial charge in [-0.1, -0.05) is 6.92 Å². The smallest absolute Gasteiger partial charge is 0.252 e. The minimum atomic E-state index is -3.27. The average Bonchev–Trinajstić information content (AvgIpc) is 2.98. The first-order valence-corrected chi connectivity index (χ1v) is 9.12. The summed E-state index contributed by atoms with van der Waals surface area (Å²) < 4.78 is 27.1. The van der Waals surface area contributed by atoms with Crippen molar-refractivity contribution in [2.45, 2.75) is 49.9 Å². The van der Waals surface area contributed by atoms with E-state index in [1.807, 2.05) is 13.0 Å². The Morgan fingerprint density at radius 3 is 2.89 bits per heavy atom. The summed E-state index contributed by atoms with van der Waals surface area (Å²) in [4.78, 5) is 1.08. The SMILES string of the molecule is CCCNCc1ccc(S(=O)(=O)N2CCCC2C)s1. The van der Waals surface area contributed by atoms with E-state index in [0.29, 0.717) is 10.8 Å². The summed E-state index contributed by atoms with van der Waals surface area (Å²) in [5.74, 6) is 0. The molecule has 1 unspecified atom stereocenters. The molecule has 1 fully saturated rings. The Labute approximate surface area is 119 Å². The lowest BCUT2D eigenvalue weighted by atomic mass is 10.3. The van der Waals surface area contributed by atoms with Crippen molar-refractivity contribution in [3.8, 4) is 0 Å². The van der Waals surface area contributed by atoms with Crippen molar-refractivity contribution >= 4 is 21.4 Å². The molecule has 19 heavy (non-hydrogen) atoms. The molecule has 108 valence electrons. The van der Waals surface area contributed by atoms with Gasteiger partial charge in [-0.3, -0.25) is 0 Å². The molecule has 0 bridgehead atoms. The highest BCUT2D eigenvalue weighted by Gasteiger charge is 2.33. The van der Waals surface area contributed by atoms with Gasteiger partial charge in [0.1, 0.15) is 4.21 Å². The van der Waals surface area contributed by atoms with E-state index in [2.05, 4.69) is 12.2 Å². The molecule has 0 saturated carbocycles. The molecule has 0 spiro atoms. The van der Waals surface area contributed by atoms with Crippen molar-refractivity contribution < 1.29 is 8.42 Å². The Balaban J connectivity index is 2.08. The van der Waals surface area contributed by atoms with Gasteiger partial charge in [0, 0.05) is 24.0 Å². The fraction of sp³-hybridized carbons (Fsp3) is 0.692. The van der Waals surface area contributed by atoms with Crippen LogP contribution in [0.1, 0.15) is 38.0 Å². The predicted molar refractivity (Wildman–Crippen MR) is 78.9 cm³/mol. The van der Waals surface area contributed by atoms with Crippen LogP contribution in [0.2, 0.25) is 0 Å². The second-order valence-corrected chi connectivity index (χ2v) is 8.29. The van der Waals surface area contributed by atoms with Gasteiger partial charge in [-0.05, 0) is 44.9 Å². The largest absolute Gasteiger partial charge is 0.312 e. The summed E-state index contributed by atoms with van der Waals surface area (Å²) in [6, 6.07) is 3.79. The zero-order valence-electron chi connectivity index (χ0n) is 11.6. The molecule has 1 saturated heterocycles. The topological polar surface area (TPSA) is 49.4 Å². The van der Waals surface area contributed by atoms with E-state index >= 15 is 0 Å². The number of rotatable bonds is 6. The van der Waals surface area contributed by atoms with Gasteiger partial charge in [-0.25, -0.2) is 8.42 Å². The van der Waals surface area contributed by atoms with Gasteiger partial charge >= 0.3 is 0 Å². The molecule has 1 aliphatic rings. The first-order valence-electron chi connectivity index (χ1n) is 6.87. The highest BCUT2D eigenvalue weighted by atomic mass is 32.2. The maximum Gasteiger partial charge on any atom is 0.252 e. The van der Waals surface area contributed by atoms with Crippen LogP contribution in [0, 0.1) is 0 Å². The molecular weight excluding hydrogens is 280 g/mol. The van der Waals surface area contributed by atoms with E-state index in [9.17, 15) is 8.42 Å². The Hall–Kier alpha value is -0.430. The summed E-state index contributed by atoms with van der Waals surface area (Å²) in [5.41, 5.74) is 0. The van der Waals surface area contributed by atoms with E-state index in [1.165, 1.54) is 11.3 Å². The van der Waals surface area contributed by atoms with Crippen molar-refractivity contribution in [3.63, 3.8) is 0 Å². The third-order valence-electron chi connectivity index (χ3n) is 3.42. The van der Waals surface area contributed by atoms with Crippen molar-refractivity contribution in [3.05, 3.63) is 17.0 Å². The maximum absolute atomic E-state index is 12.5. The molecule has 1 atom stereocenters. The number of nitrogens with zero attached hydrogens (tertiary/aromatic N) is 1. The molecule has 0 aliphatic carbocycles. The summed E-state index contributed by atoms with van der Waals surface area (Å²) in [6.07, 6.45) is 3.02. The Kier molecular flexibility index (Phi) is 5.00. The highest BCUT2D eigenvalue weighted by Crippen LogP contribution is 2.30. The van der Waals surface area contributed by atoms with E-state index in [0.717, 1.165) is 37.2 Å². The molecule has 1 aromatic heterocycles. The molecule has 1 aliphatic heterocycles. The molecular formula is C13H22N2O2S2. The van der Waals surface area contributed by atoms with Crippen LogP contribution in [0.5, 0.6) is 0 Å². The minimum absolute atomic E-state index is 0.133. The zero-order valence-corrected chi connectivity index (χ0v) is 13.2. The van der Waals surface area contributed by atoms with Gasteiger partial charge in [0.15, 0.2) is 0 Å². The summed E-state index contributed by atoms with van der Waals surface area (Å²) >= 11 is 1.39. The van der Waals surface area contributed by atoms with Crippen LogP contribution in [0.15, 0.2) is 16.3 Å². The third kappa shape index (κ3) is 3.37. The Morgan fingerprint density at radius 1 is 1.47 bits per heavy atom. The van der Waals surface area contributed by atoms with Crippen LogP contribution in [0.3, 0.4) is 0 Å². The fourth-order valence-electron chi connectivity index (χ4n) is 2.36. The van der Waals surface area contributed by atoms with Crippen molar-refractivity contribution in [2.24, 2.45) is 0 Å². The monoisotopic (exact) mass is 302 g/mol. The molecule has 0 aromatic carbocycles. The first kappa shape index (κ1) is 15.0. The van der Waals surface area contributed by atoms with Gasteiger partial charge in [0.2, 0.25) is 0 Å². The van der Waals surface area contributed by atoms with Crippen LogP contribution in [0.25, 0.3) is 0 Å². The second kappa shape index (κ2) is 6.35. The van der Waals surface area contributed by atoms with E-state index in [1.54, 1.807) is 10.4 Å². The number of hydrogen-bond acceptors (Lipinski definition) is 4. The van der Waals surface area contributed by atoms with Crippen molar-refractivity contribution in [1.82, 2.24) is 9.62 Å². The lowest BCUT2D eigenvalue weighted by Crippen LogP contribution is -2.33. The molecule has 2 rings (SSSR count). The highest BCUT2D eigenvalue weighted by molar-refractivity contribution is 7.91. The molecule has 0 radical (unpaired) electrons. The number of hydrogen-bond donors (Lipinski definition) is 1. The Bertz CT molecular complexity index is 510. The van der Waals surface area contributed by atoms with E-state index in [-0.39, 0.29) is 6.04 Å². The van der Waals surface area contributed by atoms with E-state index < -0.39 is 10.0 Å². The van der Waals surface area contributed by atoms with Gasteiger partial charge in [0.05, 0.1) is 0 Å². The molecule has 1 N–H and O–H groups in total. The predicted octanol–water partition coefficient (Wildman–Crippen LogP) is 2.42. The zero-order chi connectivity index (χ0) is 13.9. The van der Waals surface area contributed by atoms with Crippen molar-refractivity contribution in [1.29, 1.82) is 0 Å². The van der Waals surface area contributed by atoms with Crippen LogP contribution in [-0.4, -0.2) is 31.9 Å². The second-order valence-electron chi connectivity index (χ2n) is 5.00. The van der Waals surface area contributed by atoms with Crippen LogP contribution in [0.4, 0.5) is 0 Å². The van der Waals surface area contributed by atoms with Gasteiger partial charge in [-0.2, -0.15) is 4.31 Å². The average molecular weight is 302 g/mol. The molecule has 1 aromatic rings. The molecule has 2 heterocycles. The standard InChI is InChI=1S/C13H22N2O2S2/c1-3-8-14-10-12-6-7-13(18-12)19(16,17)15-9-4-5-11(15)2/h6-7,11,14H,3-5,8-10H2,1-2H3. The maximum atomic E-state index is 12.5. The summed E-state index contributed by atoms with van der Waals surface area (Å²) in [6.45, 7) is 6.48. The van der Waals surface area contributed by atoms with Crippen LogP contribution < -0.4 is 5.32 Å². The lowest BCUT2D eigenvalue weighted by molar-refractivity contribution is 0.409. The molecule has 0 amide bonds. The Morgan fingerprint density at radius 2 is 2.26 bits per heavy atom. The van der Waals surface area contributed by atoms with Crippen LogP contribution in [-0.2, 0) is 16.6 Å². The summed E-state index contributed by atoms with van der Waals surface area (Å²) in [7, 11) is -3.27. The van der Waals surface area contributed by atoms with Crippen molar-refractivity contribution in [2.75, 3.05) is 13.1 Å². The third-order valence-corrected chi connectivity index (χ3v) is 6.98. The normalized spacial score (nSPS) is 21.1. The number of thiophene rings is 1. The minimum Gasteiger partial charge on any atom is -0.312 e. The molecule has 4 nitrogen and oxygen atoms in total. The fourth-order valence-corrected chi connectivity index (χ4v) is 5.51. The number of sulfonamides is 1. The lowest BCUT2D eigenvalue weighted by Gasteiger charge is -2.19. The van der Waals surface area contributed by atoms with Gasteiger partial charge < -0.3 is 5.32 Å². The molecule has 6 heteroatoms. The first-order chi connectivity index (χ1) is 9.05. The van der Waals surface area contributed by atoms with Gasteiger partial charge in [0.25, 0.3) is 10.0 Å². The number of nitrogens with one attached hydrogen (secondary N) is 1. The van der Waals surface area contributed by atoms with Gasteiger partial charge in [-0.15, -0.1) is 11.3 Å².